The van der Waals surface area contributed by atoms with E-state index in [2.05, 4.69) is 6.92 Å². The summed E-state index contributed by atoms with van der Waals surface area (Å²) in [5, 5.41) is 0. The van der Waals surface area contributed by atoms with Gasteiger partial charge in [-0.2, -0.15) is 0 Å². The van der Waals surface area contributed by atoms with Gasteiger partial charge in [0.15, 0.2) is 0 Å². The third kappa shape index (κ3) is 2.47. The largest absolute Gasteiger partial charge is 0.427 e. The lowest BCUT2D eigenvalue weighted by molar-refractivity contribution is 0.0678. The molecule has 4 nitrogen and oxygen atoms in total. The lowest BCUT2D eigenvalue weighted by atomic mass is 9.98. The highest BCUT2D eigenvalue weighted by Crippen LogP contribution is 2.20. The van der Waals surface area contributed by atoms with Gasteiger partial charge in [-0.15, -0.1) is 0 Å². The van der Waals surface area contributed by atoms with Crippen molar-refractivity contribution in [2.24, 2.45) is 5.92 Å². The first kappa shape index (κ1) is 12.9. The van der Waals surface area contributed by atoms with Crippen LogP contribution in [0.25, 0.3) is 0 Å². The number of nitrogens with zero attached hydrogens (tertiary/aromatic N) is 1. The fourth-order valence-corrected chi connectivity index (χ4v) is 2.61. The van der Waals surface area contributed by atoms with Crippen molar-refractivity contribution in [2.45, 2.75) is 33.6 Å². The Labute approximate surface area is 107 Å². The molecule has 1 aliphatic heterocycles. The Hall–Kier alpha value is -1.58. The quantitative estimate of drug-likeness (QED) is 0.766. The molecule has 1 unspecified atom stereocenters. The van der Waals surface area contributed by atoms with E-state index in [0.717, 1.165) is 19.5 Å². The number of hydrogen-bond acceptors (Lipinski definition) is 3. The molecule has 1 saturated heterocycles. The van der Waals surface area contributed by atoms with Gasteiger partial charge in [0.2, 0.25) is 0 Å². The van der Waals surface area contributed by atoms with E-state index in [1.807, 2.05) is 4.90 Å². The van der Waals surface area contributed by atoms with Gasteiger partial charge in [-0.25, -0.2) is 4.79 Å². The zero-order valence-electron chi connectivity index (χ0n) is 11.2. The number of amides is 1. The molecule has 1 aliphatic rings. The van der Waals surface area contributed by atoms with Gasteiger partial charge in [-0.05, 0) is 38.2 Å². The van der Waals surface area contributed by atoms with E-state index in [4.69, 9.17) is 4.42 Å². The lowest BCUT2D eigenvalue weighted by Gasteiger charge is -2.31. The SMILES string of the molecule is Cc1cc(=O)oc(C)c1C(=O)N1CCCC(C)C1. The van der Waals surface area contributed by atoms with Crippen LogP contribution < -0.4 is 5.63 Å². The molecule has 1 fully saturated rings. The molecular weight excluding hydrogens is 230 g/mol. The van der Waals surface area contributed by atoms with Crippen LogP contribution in [0.5, 0.6) is 0 Å². The Kier molecular flexibility index (Phi) is 3.55. The molecule has 1 amide bonds. The van der Waals surface area contributed by atoms with Crippen LogP contribution in [0, 0.1) is 19.8 Å². The molecule has 1 aromatic rings. The van der Waals surface area contributed by atoms with Crippen LogP contribution in [0.2, 0.25) is 0 Å². The molecular formula is C14H19NO3. The first-order chi connectivity index (χ1) is 8.49. The highest BCUT2D eigenvalue weighted by Gasteiger charge is 2.25. The molecule has 0 radical (unpaired) electrons. The summed E-state index contributed by atoms with van der Waals surface area (Å²) in [6.07, 6.45) is 2.22. The van der Waals surface area contributed by atoms with Gasteiger partial charge in [-0.3, -0.25) is 4.79 Å². The predicted octanol–water partition coefficient (Wildman–Crippen LogP) is 2.13. The van der Waals surface area contributed by atoms with Crippen LogP contribution in [-0.2, 0) is 0 Å². The number of likely N-dealkylation sites (tertiary alicyclic amines) is 1. The third-order valence-corrected chi connectivity index (χ3v) is 3.49. The minimum absolute atomic E-state index is 0.0136. The molecule has 0 saturated carbocycles. The van der Waals surface area contributed by atoms with Gasteiger partial charge in [0.05, 0.1) is 5.56 Å². The van der Waals surface area contributed by atoms with E-state index in [-0.39, 0.29) is 5.91 Å². The van der Waals surface area contributed by atoms with Gasteiger partial charge in [0, 0.05) is 19.2 Å². The first-order valence-electron chi connectivity index (χ1n) is 6.39. The molecule has 0 aliphatic carbocycles. The van der Waals surface area contributed by atoms with Crippen LogP contribution in [0.3, 0.4) is 0 Å². The summed E-state index contributed by atoms with van der Waals surface area (Å²) in [5.74, 6) is 0.947. The standard InChI is InChI=1S/C14H19NO3/c1-9-5-4-6-15(8-9)14(17)13-10(2)7-12(16)18-11(13)3/h7,9H,4-6,8H2,1-3H3. The van der Waals surface area contributed by atoms with E-state index in [0.29, 0.717) is 22.8 Å². The van der Waals surface area contributed by atoms with E-state index in [9.17, 15) is 9.59 Å². The molecule has 18 heavy (non-hydrogen) atoms. The fourth-order valence-electron chi connectivity index (χ4n) is 2.61. The van der Waals surface area contributed by atoms with Crippen LogP contribution in [0.15, 0.2) is 15.3 Å². The average Bonchev–Trinajstić information content (AvgIpc) is 2.27. The highest BCUT2D eigenvalue weighted by atomic mass is 16.4. The molecule has 0 N–H and O–H groups in total. The second kappa shape index (κ2) is 4.96. The molecule has 2 heterocycles. The third-order valence-electron chi connectivity index (χ3n) is 3.49. The predicted molar refractivity (Wildman–Crippen MR) is 68.8 cm³/mol. The van der Waals surface area contributed by atoms with E-state index in [1.54, 1.807) is 13.8 Å². The molecule has 4 heteroatoms. The fraction of sp³-hybridized carbons (Fsp3) is 0.571. The Morgan fingerprint density at radius 3 is 2.78 bits per heavy atom. The number of carbonyl (C=O) groups excluding carboxylic acids is 1. The van der Waals surface area contributed by atoms with Crippen molar-refractivity contribution in [1.82, 2.24) is 4.90 Å². The summed E-state index contributed by atoms with van der Waals surface area (Å²) in [4.78, 5) is 25.5. The van der Waals surface area contributed by atoms with Gasteiger partial charge >= 0.3 is 5.63 Å². The van der Waals surface area contributed by atoms with E-state index >= 15 is 0 Å². The molecule has 0 spiro atoms. The van der Waals surface area contributed by atoms with Crippen molar-refractivity contribution in [3.8, 4) is 0 Å². The smallest absolute Gasteiger partial charge is 0.336 e. The van der Waals surface area contributed by atoms with Crippen molar-refractivity contribution in [2.75, 3.05) is 13.1 Å². The number of hydrogen-bond donors (Lipinski definition) is 0. The van der Waals surface area contributed by atoms with Crippen molar-refractivity contribution in [1.29, 1.82) is 0 Å². The Bertz CT molecular complexity index is 492. The minimum atomic E-state index is -0.395. The maximum Gasteiger partial charge on any atom is 0.336 e. The van der Waals surface area contributed by atoms with Gasteiger partial charge < -0.3 is 9.32 Å². The molecule has 2 rings (SSSR count). The second-order valence-corrected chi connectivity index (χ2v) is 5.18. The van der Waals surface area contributed by atoms with Gasteiger partial charge in [0.1, 0.15) is 5.76 Å². The molecule has 98 valence electrons. The van der Waals surface area contributed by atoms with Gasteiger partial charge in [0.25, 0.3) is 5.91 Å². The topological polar surface area (TPSA) is 50.5 Å². The number of aryl methyl sites for hydroxylation is 2. The van der Waals surface area contributed by atoms with E-state index < -0.39 is 5.63 Å². The van der Waals surface area contributed by atoms with Crippen LogP contribution >= 0.6 is 0 Å². The average molecular weight is 249 g/mol. The van der Waals surface area contributed by atoms with E-state index in [1.165, 1.54) is 12.5 Å². The zero-order valence-corrected chi connectivity index (χ0v) is 11.2. The van der Waals surface area contributed by atoms with Crippen LogP contribution in [0.1, 0.15) is 41.4 Å². The van der Waals surface area contributed by atoms with Crippen LogP contribution in [0.4, 0.5) is 0 Å². The summed E-state index contributed by atoms with van der Waals surface area (Å²) in [6.45, 7) is 7.20. The minimum Gasteiger partial charge on any atom is -0.427 e. The molecule has 1 aromatic heterocycles. The van der Waals surface area contributed by atoms with Crippen molar-refractivity contribution < 1.29 is 9.21 Å². The zero-order chi connectivity index (χ0) is 13.3. The Balaban J connectivity index is 2.31. The molecule has 0 bridgehead atoms. The maximum absolute atomic E-state index is 12.5. The molecule has 1 atom stereocenters. The Morgan fingerprint density at radius 2 is 2.17 bits per heavy atom. The first-order valence-corrected chi connectivity index (χ1v) is 6.39. The van der Waals surface area contributed by atoms with Crippen LogP contribution in [-0.4, -0.2) is 23.9 Å². The number of carbonyl (C=O) groups is 1. The van der Waals surface area contributed by atoms with Gasteiger partial charge in [-0.1, -0.05) is 6.92 Å². The van der Waals surface area contributed by atoms with Crippen molar-refractivity contribution in [3.05, 3.63) is 33.4 Å². The normalized spacial score (nSPS) is 19.9. The highest BCUT2D eigenvalue weighted by molar-refractivity contribution is 5.96. The maximum atomic E-state index is 12.5. The summed E-state index contributed by atoms with van der Waals surface area (Å²) in [6, 6.07) is 1.38. The second-order valence-electron chi connectivity index (χ2n) is 5.18. The lowest BCUT2D eigenvalue weighted by Crippen LogP contribution is -2.39. The monoisotopic (exact) mass is 249 g/mol. The summed E-state index contributed by atoms with van der Waals surface area (Å²) in [7, 11) is 0. The summed E-state index contributed by atoms with van der Waals surface area (Å²) < 4.78 is 5.02. The molecule has 0 aromatic carbocycles. The summed E-state index contributed by atoms with van der Waals surface area (Å²) >= 11 is 0. The Morgan fingerprint density at radius 1 is 1.44 bits per heavy atom. The number of piperidine rings is 1. The van der Waals surface area contributed by atoms with Crippen molar-refractivity contribution >= 4 is 5.91 Å². The number of rotatable bonds is 1. The summed E-state index contributed by atoms with van der Waals surface area (Å²) in [5.41, 5.74) is 0.851. The van der Waals surface area contributed by atoms with Crippen molar-refractivity contribution in [3.63, 3.8) is 0 Å².